The molecule has 6 nitrogen and oxygen atoms in total. The third-order valence-electron chi connectivity index (χ3n) is 3.71. The van der Waals surface area contributed by atoms with Crippen LogP contribution in [-0.2, 0) is 0 Å². The van der Waals surface area contributed by atoms with E-state index in [4.69, 9.17) is 5.11 Å². The van der Waals surface area contributed by atoms with Crippen molar-refractivity contribution < 1.29 is 9.90 Å². The molecule has 22 heavy (non-hydrogen) atoms. The number of piperidine rings is 1. The first-order valence-electron chi connectivity index (χ1n) is 7.40. The summed E-state index contributed by atoms with van der Waals surface area (Å²) in [5.41, 5.74) is 0.943. The monoisotopic (exact) mass is 298 g/mol. The molecule has 0 radical (unpaired) electrons. The molecule has 1 aliphatic rings. The second-order valence-corrected chi connectivity index (χ2v) is 5.32. The first-order valence-corrected chi connectivity index (χ1v) is 7.40. The van der Waals surface area contributed by atoms with Gasteiger partial charge in [0.25, 0.3) is 0 Å². The van der Waals surface area contributed by atoms with E-state index in [-0.39, 0.29) is 5.56 Å². The largest absolute Gasteiger partial charge is 0.478 e. The maximum absolute atomic E-state index is 11.0. The summed E-state index contributed by atoms with van der Waals surface area (Å²) in [5, 5.41) is 12.2. The molecule has 2 aromatic rings. The van der Waals surface area contributed by atoms with Crippen molar-refractivity contribution in [3.8, 4) is 0 Å². The van der Waals surface area contributed by atoms with Gasteiger partial charge >= 0.3 is 5.97 Å². The fourth-order valence-corrected chi connectivity index (χ4v) is 2.59. The van der Waals surface area contributed by atoms with Crippen molar-refractivity contribution in [1.82, 2.24) is 9.97 Å². The summed E-state index contributed by atoms with van der Waals surface area (Å²) >= 11 is 0. The number of aromatic carboxylic acids is 1. The fourth-order valence-electron chi connectivity index (χ4n) is 2.59. The van der Waals surface area contributed by atoms with Gasteiger partial charge in [0.05, 0.1) is 5.56 Å². The van der Waals surface area contributed by atoms with Gasteiger partial charge in [0.2, 0.25) is 0 Å². The molecule has 0 saturated carbocycles. The molecule has 1 fully saturated rings. The maximum Gasteiger partial charge on any atom is 0.335 e. The number of anilines is 3. The highest BCUT2D eigenvalue weighted by molar-refractivity contribution is 5.89. The van der Waals surface area contributed by atoms with Crippen LogP contribution in [0.2, 0.25) is 0 Å². The Bertz CT molecular complexity index is 669. The van der Waals surface area contributed by atoms with Crippen molar-refractivity contribution in [1.29, 1.82) is 0 Å². The number of carboxylic acids is 1. The molecule has 1 aromatic carbocycles. The molecular formula is C16H18N4O2. The lowest BCUT2D eigenvalue weighted by Crippen LogP contribution is -2.30. The molecular weight excluding hydrogens is 280 g/mol. The van der Waals surface area contributed by atoms with Crippen LogP contribution < -0.4 is 10.2 Å². The predicted octanol–water partition coefficient (Wildman–Crippen LogP) is 2.91. The summed E-state index contributed by atoms with van der Waals surface area (Å²) in [6.45, 7) is 2.04. The van der Waals surface area contributed by atoms with Crippen molar-refractivity contribution in [3.63, 3.8) is 0 Å². The van der Waals surface area contributed by atoms with Gasteiger partial charge in [-0.15, -0.1) is 0 Å². The van der Waals surface area contributed by atoms with Gasteiger partial charge in [0.15, 0.2) is 0 Å². The number of carboxylic acid groups (broad SMARTS) is 1. The van der Waals surface area contributed by atoms with Gasteiger partial charge in [-0.05, 0) is 37.5 Å². The highest BCUT2D eigenvalue weighted by Crippen LogP contribution is 2.21. The van der Waals surface area contributed by atoms with Crippen LogP contribution in [0.25, 0.3) is 0 Å². The van der Waals surface area contributed by atoms with E-state index in [9.17, 15) is 4.79 Å². The van der Waals surface area contributed by atoms with E-state index in [1.807, 2.05) is 12.1 Å². The van der Waals surface area contributed by atoms with Crippen LogP contribution in [0.3, 0.4) is 0 Å². The van der Waals surface area contributed by atoms with Crippen molar-refractivity contribution in [3.05, 3.63) is 42.2 Å². The molecule has 114 valence electrons. The van der Waals surface area contributed by atoms with Crippen LogP contribution >= 0.6 is 0 Å². The van der Waals surface area contributed by atoms with Gasteiger partial charge in [-0.3, -0.25) is 0 Å². The number of nitrogens with zero attached hydrogens (tertiary/aromatic N) is 3. The average molecular weight is 298 g/mol. The van der Waals surface area contributed by atoms with E-state index in [2.05, 4.69) is 20.2 Å². The number of hydrogen-bond donors (Lipinski definition) is 2. The van der Waals surface area contributed by atoms with E-state index in [0.717, 1.165) is 18.9 Å². The Hall–Kier alpha value is -2.63. The Morgan fingerprint density at radius 1 is 1.14 bits per heavy atom. The Labute approximate surface area is 128 Å². The lowest BCUT2D eigenvalue weighted by Gasteiger charge is -2.27. The third-order valence-corrected chi connectivity index (χ3v) is 3.71. The second-order valence-electron chi connectivity index (χ2n) is 5.32. The van der Waals surface area contributed by atoms with Crippen LogP contribution in [0.1, 0.15) is 29.6 Å². The standard InChI is InChI=1S/C16H18N4O2/c21-16(22)12-5-4-6-13(9-12)19-14-10-15(18-11-17-14)20-7-2-1-3-8-20/h4-6,9-11H,1-3,7-8H2,(H,21,22)(H,17,18,19). The van der Waals surface area contributed by atoms with Gasteiger partial charge in [0.1, 0.15) is 18.0 Å². The SMILES string of the molecule is O=C(O)c1cccc(Nc2cc(N3CCCCC3)ncn2)c1. The first kappa shape index (κ1) is 14.3. The molecule has 3 rings (SSSR count). The number of carbonyl (C=O) groups is 1. The van der Waals surface area contributed by atoms with Crippen LogP contribution in [0.5, 0.6) is 0 Å². The second kappa shape index (κ2) is 6.43. The first-order chi connectivity index (χ1) is 10.7. The zero-order valence-electron chi connectivity index (χ0n) is 12.2. The smallest absolute Gasteiger partial charge is 0.335 e. The summed E-state index contributed by atoms with van der Waals surface area (Å²) in [6.07, 6.45) is 5.18. The van der Waals surface area contributed by atoms with E-state index in [1.165, 1.54) is 25.6 Å². The Morgan fingerprint density at radius 2 is 1.95 bits per heavy atom. The summed E-state index contributed by atoms with van der Waals surface area (Å²) < 4.78 is 0. The van der Waals surface area contributed by atoms with E-state index in [0.29, 0.717) is 11.5 Å². The predicted molar refractivity (Wildman–Crippen MR) is 84.8 cm³/mol. The van der Waals surface area contributed by atoms with Crippen LogP contribution in [0.15, 0.2) is 36.7 Å². The fraction of sp³-hybridized carbons (Fsp3) is 0.312. The Morgan fingerprint density at radius 3 is 2.73 bits per heavy atom. The summed E-state index contributed by atoms with van der Waals surface area (Å²) in [5.74, 6) is 0.630. The lowest BCUT2D eigenvalue weighted by molar-refractivity contribution is 0.0697. The molecule has 0 spiro atoms. The molecule has 1 aromatic heterocycles. The number of rotatable bonds is 4. The normalized spacial score (nSPS) is 14.6. The van der Waals surface area contributed by atoms with E-state index in [1.54, 1.807) is 18.2 Å². The zero-order chi connectivity index (χ0) is 15.4. The minimum atomic E-state index is -0.944. The highest BCUT2D eigenvalue weighted by Gasteiger charge is 2.13. The van der Waals surface area contributed by atoms with E-state index >= 15 is 0 Å². The molecule has 1 saturated heterocycles. The third kappa shape index (κ3) is 3.33. The van der Waals surface area contributed by atoms with Crippen LogP contribution in [-0.4, -0.2) is 34.1 Å². The molecule has 0 amide bonds. The molecule has 6 heteroatoms. The molecule has 0 atom stereocenters. The lowest BCUT2D eigenvalue weighted by atomic mass is 10.1. The van der Waals surface area contributed by atoms with Gasteiger partial charge in [-0.2, -0.15) is 0 Å². The average Bonchev–Trinajstić information content (AvgIpc) is 2.56. The van der Waals surface area contributed by atoms with Gasteiger partial charge in [0, 0.05) is 24.8 Å². The zero-order valence-corrected chi connectivity index (χ0v) is 12.2. The molecule has 0 unspecified atom stereocenters. The highest BCUT2D eigenvalue weighted by atomic mass is 16.4. The topological polar surface area (TPSA) is 78.4 Å². The molecule has 0 bridgehead atoms. The van der Waals surface area contributed by atoms with Crippen molar-refractivity contribution in [2.24, 2.45) is 0 Å². The van der Waals surface area contributed by atoms with Crippen LogP contribution in [0.4, 0.5) is 17.3 Å². The Balaban J connectivity index is 1.77. The molecule has 2 heterocycles. The van der Waals surface area contributed by atoms with Crippen molar-refractivity contribution in [2.45, 2.75) is 19.3 Å². The van der Waals surface area contributed by atoms with Crippen molar-refractivity contribution in [2.75, 3.05) is 23.3 Å². The molecule has 1 aliphatic heterocycles. The number of aromatic nitrogens is 2. The van der Waals surface area contributed by atoms with E-state index < -0.39 is 5.97 Å². The quantitative estimate of drug-likeness (QED) is 0.903. The molecule has 2 N–H and O–H groups in total. The maximum atomic E-state index is 11.0. The summed E-state index contributed by atoms with van der Waals surface area (Å²) in [7, 11) is 0. The summed E-state index contributed by atoms with van der Waals surface area (Å²) in [6, 6.07) is 8.57. The number of nitrogens with one attached hydrogen (secondary N) is 1. The molecule has 0 aliphatic carbocycles. The van der Waals surface area contributed by atoms with Crippen molar-refractivity contribution >= 4 is 23.3 Å². The minimum absolute atomic E-state index is 0.246. The Kier molecular flexibility index (Phi) is 4.18. The number of hydrogen-bond acceptors (Lipinski definition) is 5. The van der Waals surface area contributed by atoms with Crippen LogP contribution in [0, 0.1) is 0 Å². The number of benzene rings is 1. The minimum Gasteiger partial charge on any atom is -0.478 e. The summed E-state index contributed by atoms with van der Waals surface area (Å²) in [4.78, 5) is 21.8. The van der Waals surface area contributed by atoms with Gasteiger partial charge in [-0.25, -0.2) is 14.8 Å². The van der Waals surface area contributed by atoms with Gasteiger partial charge < -0.3 is 15.3 Å². The van der Waals surface area contributed by atoms with Gasteiger partial charge in [-0.1, -0.05) is 6.07 Å².